The summed E-state index contributed by atoms with van der Waals surface area (Å²) in [7, 11) is 0. The van der Waals surface area contributed by atoms with E-state index in [0.717, 1.165) is 49.1 Å². The molecule has 0 saturated carbocycles. The summed E-state index contributed by atoms with van der Waals surface area (Å²) >= 11 is 0. The first-order valence-corrected chi connectivity index (χ1v) is 7.12. The van der Waals surface area contributed by atoms with Crippen molar-refractivity contribution >= 4 is 22.5 Å². The Morgan fingerprint density at radius 1 is 1.40 bits per heavy atom. The predicted molar refractivity (Wildman–Crippen MR) is 77.5 cm³/mol. The van der Waals surface area contributed by atoms with Crippen molar-refractivity contribution in [2.45, 2.75) is 25.7 Å². The van der Waals surface area contributed by atoms with E-state index in [1.165, 1.54) is 0 Å². The van der Waals surface area contributed by atoms with E-state index in [1.807, 2.05) is 18.2 Å². The lowest BCUT2D eigenvalue weighted by Crippen LogP contribution is -2.18. The predicted octanol–water partition coefficient (Wildman–Crippen LogP) is 2.71. The highest BCUT2D eigenvalue weighted by Gasteiger charge is 2.15. The molecular weight excluding hydrogens is 254 g/mol. The molecular formula is C15H19N3O2. The number of carbonyl (C=O) groups excluding carboxylic acids is 1. The van der Waals surface area contributed by atoms with Crippen LogP contribution in [0.2, 0.25) is 0 Å². The third kappa shape index (κ3) is 3.17. The van der Waals surface area contributed by atoms with E-state index in [-0.39, 0.29) is 5.91 Å². The summed E-state index contributed by atoms with van der Waals surface area (Å²) in [6.45, 7) is 1.67. The number of ether oxygens (including phenoxy) is 1. The Balaban J connectivity index is 1.52. The summed E-state index contributed by atoms with van der Waals surface area (Å²) in [5, 5.41) is 10.9. The van der Waals surface area contributed by atoms with E-state index in [1.54, 1.807) is 6.20 Å². The van der Waals surface area contributed by atoms with E-state index in [0.29, 0.717) is 12.3 Å². The van der Waals surface area contributed by atoms with Gasteiger partial charge in [0.2, 0.25) is 5.91 Å². The van der Waals surface area contributed by atoms with Gasteiger partial charge in [0.25, 0.3) is 0 Å². The largest absolute Gasteiger partial charge is 0.381 e. The topological polar surface area (TPSA) is 67.0 Å². The van der Waals surface area contributed by atoms with Gasteiger partial charge in [0.1, 0.15) is 0 Å². The van der Waals surface area contributed by atoms with Crippen molar-refractivity contribution in [3.63, 3.8) is 0 Å². The molecule has 1 aliphatic heterocycles. The third-order valence-electron chi connectivity index (χ3n) is 3.85. The third-order valence-corrected chi connectivity index (χ3v) is 3.85. The van der Waals surface area contributed by atoms with Gasteiger partial charge >= 0.3 is 0 Å². The number of amides is 1. The molecule has 0 atom stereocenters. The highest BCUT2D eigenvalue weighted by Crippen LogP contribution is 2.21. The standard InChI is InChI=1S/C15H19N3O2/c19-15(4-1-11-5-7-20-8-6-11)17-13-3-2-12-10-16-18-14(12)9-13/h2-3,9-11H,1,4-8H2,(H,16,18)(H,17,19). The minimum atomic E-state index is 0.0790. The lowest BCUT2D eigenvalue weighted by molar-refractivity contribution is -0.116. The van der Waals surface area contributed by atoms with Gasteiger partial charge in [-0.05, 0) is 43.4 Å². The van der Waals surface area contributed by atoms with E-state index in [4.69, 9.17) is 4.74 Å². The van der Waals surface area contributed by atoms with E-state index >= 15 is 0 Å². The Labute approximate surface area is 117 Å². The van der Waals surface area contributed by atoms with Crippen molar-refractivity contribution in [1.29, 1.82) is 0 Å². The molecule has 0 aliphatic carbocycles. The van der Waals surface area contributed by atoms with Gasteiger partial charge in [-0.3, -0.25) is 9.89 Å². The zero-order chi connectivity index (χ0) is 13.8. The first-order chi connectivity index (χ1) is 9.81. The molecule has 0 unspecified atom stereocenters. The van der Waals surface area contributed by atoms with Crippen LogP contribution < -0.4 is 5.32 Å². The van der Waals surface area contributed by atoms with Crippen molar-refractivity contribution in [2.75, 3.05) is 18.5 Å². The molecule has 1 aromatic carbocycles. The van der Waals surface area contributed by atoms with E-state index < -0.39 is 0 Å². The molecule has 1 fully saturated rings. The Morgan fingerprint density at radius 2 is 2.25 bits per heavy atom. The number of hydrogen-bond donors (Lipinski definition) is 2. The summed E-state index contributed by atoms with van der Waals surface area (Å²) in [4.78, 5) is 12.0. The number of nitrogens with zero attached hydrogens (tertiary/aromatic N) is 1. The van der Waals surface area contributed by atoms with Crippen LogP contribution in [0.5, 0.6) is 0 Å². The van der Waals surface area contributed by atoms with Gasteiger partial charge in [-0.15, -0.1) is 0 Å². The van der Waals surface area contributed by atoms with Crippen LogP contribution in [0.3, 0.4) is 0 Å². The van der Waals surface area contributed by atoms with Gasteiger partial charge in [-0.25, -0.2) is 0 Å². The second-order valence-corrected chi connectivity index (χ2v) is 5.31. The zero-order valence-corrected chi connectivity index (χ0v) is 11.4. The molecule has 1 saturated heterocycles. The van der Waals surface area contributed by atoms with Crippen LogP contribution in [0.25, 0.3) is 10.9 Å². The molecule has 106 valence electrons. The zero-order valence-electron chi connectivity index (χ0n) is 11.4. The van der Waals surface area contributed by atoms with Crippen LogP contribution in [0.15, 0.2) is 24.4 Å². The van der Waals surface area contributed by atoms with Crippen LogP contribution in [-0.4, -0.2) is 29.3 Å². The van der Waals surface area contributed by atoms with Gasteiger partial charge in [0.05, 0.1) is 11.7 Å². The Kier molecular flexibility index (Phi) is 3.97. The smallest absolute Gasteiger partial charge is 0.224 e. The molecule has 5 nitrogen and oxygen atoms in total. The monoisotopic (exact) mass is 273 g/mol. The fraction of sp³-hybridized carbons (Fsp3) is 0.467. The highest BCUT2D eigenvalue weighted by molar-refractivity contribution is 5.93. The molecule has 0 radical (unpaired) electrons. The average molecular weight is 273 g/mol. The second-order valence-electron chi connectivity index (χ2n) is 5.31. The number of hydrogen-bond acceptors (Lipinski definition) is 3. The first kappa shape index (κ1) is 13.1. The lowest BCUT2D eigenvalue weighted by Gasteiger charge is -2.21. The minimum absolute atomic E-state index is 0.0790. The maximum atomic E-state index is 12.0. The van der Waals surface area contributed by atoms with Gasteiger partial charge in [-0.1, -0.05) is 0 Å². The number of aromatic nitrogens is 2. The fourth-order valence-corrected chi connectivity index (χ4v) is 2.61. The number of rotatable bonds is 4. The first-order valence-electron chi connectivity index (χ1n) is 7.12. The molecule has 1 amide bonds. The Hall–Kier alpha value is -1.88. The maximum Gasteiger partial charge on any atom is 0.224 e. The van der Waals surface area contributed by atoms with E-state index in [9.17, 15) is 4.79 Å². The quantitative estimate of drug-likeness (QED) is 0.900. The molecule has 2 aromatic rings. The summed E-state index contributed by atoms with van der Waals surface area (Å²) in [6, 6.07) is 5.77. The SMILES string of the molecule is O=C(CCC1CCOCC1)Nc1ccc2cn[nH]c2c1. The van der Waals surface area contributed by atoms with Gasteiger partial charge in [0, 0.05) is 30.7 Å². The minimum Gasteiger partial charge on any atom is -0.381 e. The van der Waals surface area contributed by atoms with Crippen LogP contribution in [0, 0.1) is 5.92 Å². The maximum absolute atomic E-state index is 12.0. The second kappa shape index (κ2) is 6.05. The number of aromatic amines is 1. The highest BCUT2D eigenvalue weighted by atomic mass is 16.5. The molecule has 2 N–H and O–H groups in total. The summed E-state index contributed by atoms with van der Waals surface area (Å²) < 4.78 is 5.33. The number of anilines is 1. The summed E-state index contributed by atoms with van der Waals surface area (Å²) in [5.41, 5.74) is 1.76. The van der Waals surface area contributed by atoms with Gasteiger partial charge < -0.3 is 10.1 Å². The molecule has 5 heteroatoms. The van der Waals surface area contributed by atoms with Crippen molar-refractivity contribution < 1.29 is 9.53 Å². The van der Waals surface area contributed by atoms with Gasteiger partial charge in [-0.2, -0.15) is 5.10 Å². The Morgan fingerprint density at radius 3 is 3.10 bits per heavy atom. The van der Waals surface area contributed by atoms with Crippen molar-refractivity contribution in [2.24, 2.45) is 5.92 Å². The van der Waals surface area contributed by atoms with Crippen LogP contribution in [-0.2, 0) is 9.53 Å². The van der Waals surface area contributed by atoms with Crippen LogP contribution in [0.1, 0.15) is 25.7 Å². The van der Waals surface area contributed by atoms with Crippen molar-refractivity contribution in [1.82, 2.24) is 10.2 Å². The number of nitrogens with one attached hydrogen (secondary N) is 2. The van der Waals surface area contributed by atoms with E-state index in [2.05, 4.69) is 15.5 Å². The number of carbonyl (C=O) groups is 1. The fourth-order valence-electron chi connectivity index (χ4n) is 2.61. The normalized spacial score (nSPS) is 16.4. The summed E-state index contributed by atoms with van der Waals surface area (Å²) in [5.74, 6) is 0.708. The van der Waals surface area contributed by atoms with Crippen LogP contribution >= 0.6 is 0 Å². The molecule has 1 aromatic heterocycles. The molecule has 2 heterocycles. The Bertz CT molecular complexity index is 588. The number of benzene rings is 1. The number of H-pyrrole nitrogens is 1. The van der Waals surface area contributed by atoms with Crippen molar-refractivity contribution in [3.05, 3.63) is 24.4 Å². The summed E-state index contributed by atoms with van der Waals surface area (Å²) in [6.07, 6.45) is 5.44. The molecule has 0 bridgehead atoms. The van der Waals surface area contributed by atoms with Gasteiger partial charge in [0.15, 0.2) is 0 Å². The molecule has 1 aliphatic rings. The number of fused-ring (bicyclic) bond motifs is 1. The molecule has 20 heavy (non-hydrogen) atoms. The molecule has 0 spiro atoms. The average Bonchev–Trinajstić information content (AvgIpc) is 2.94. The lowest BCUT2D eigenvalue weighted by atomic mass is 9.95. The molecule has 3 rings (SSSR count). The van der Waals surface area contributed by atoms with Crippen molar-refractivity contribution in [3.8, 4) is 0 Å². The van der Waals surface area contributed by atoms with Crippen LogP contribution in [0.4, 0.5) is 5.69 Å².